The third-order valence-electron chi connectivity index (χ3n) is 2.88. The highest BCUT2D eigenvalue weighted by Gasteiger charge is 2.08. The zero-order valence-electron chi connectivity index (χ0n) is 11.2. The number of anilines is 2. The summed E-state index contributed by atoms with van der Waals surface area (Å²) in [6.07, 6.45) is 5.88. The summed E-state index contributed by atoms with van der Waals surface area (Å²) in [7, 11) is 1.52. The van der Waals surface area contributed by atoms with Crippen molar-refractivity contribution in [1.82, 2.24) is 9.55 Å². The van der Waals surface area contributed by atoms with Crippen LogP contribution in [0.4, 0.5) is 16.0 Å². The molecule has 0 fully saturated rings. The van der Waals surface area contributed by atoms with Gasteiger partial charge in [0.05, 0.1) is 12.8 Å². The number of ether oxygens (including phenoxy) is 1. The molecule has 5 heteroatoms. The number of hydrogen-bond acceptors (Lipinski definition) is 3. The Kier molecular flexibility index (Phi) is 4.39. The number of methoxy groups -OCH3 is 1. The number of nitrogens with one attached hydrogen (secondary N) is 1. The van der Waals surface area contributed by atoms with E-state index >= 15 is 0 Å². The van der Waals surface area contributed by atoms with Crippen LogP contribution in [0.3, 0.4) is 0 Å². The Labute approximate surface area is 112 Å². The first-order chi connectivity index (χ1) is 9.24. The predicted octanol–water partition coefficient (Wildman–Crippen LogP) is 3.57. The van der Waals surface area contributed by atoms with Gasteiger partial charge in [-0.05, 0) is 18.6 Å². The molecule has 0 atom stereocenters. The van der Waals surface area contributed by atoms with E-state index in [1.807, 2.05) is 10.8 Å². The van der Waals surface area contributed by atoms with Crippen LogP contribution in [0.1, 0.15) is 19.8 Å². The van der Waals surface area contributed by atoms with Gasteiger partial charge in [-0.15, -0.1) is 0 Å². The molecule has 2 rings (SSSR count). The Balaban J connectivity index is 2.19. The molecule has 0 bridgehead atoms. The van der Waals surface area contributed by atoms with Crippen LogP contribution in [0.2, 0.25) is 0 Å². The van der Waals surface area contributed by atoms with E-state index in [2.05, 4.69) is 17.2 Å². The van der Waals surface area contributed by atoms with Crippen LogP contribution >= 0.6 is 0 Å². The molecule has 0 saturated heterocycles. The van der Waals surface area contributed by atoms with E-state index in [-0.39, 0.29) is 5.82 Å². The molecular formula is C14H18FN3O. The first-order valence-corrected chi connectivity index (χ1v) is 6.36. The zero-order chi connectivity index (χ0) is 13.7. The van der Waals surface area contributed by atoms with Gasteiger partial charge in [-0.2, -0.15) is 0 Å². The number of benzene rings is 1. The summed E-state index contributed by atoms with van der Waals surface area (Å²) in [5.41, 5.74) is 0.702. The minimum absolute atomic E-state index is 0.322. The number of halogens is 1. The van der Waals surface area contributed by atoms with Crippen molar-refractivity contribution in [3.05, 3.63) is 36.4 Å². The van der Waals surface area contributed by atoms with Gasteiger partial charge in [0.2, 0.25) is 5.95 Å². The predicted molar refractivity (Wildman–Crippen MR) is 73.4 cm³/mol. The molecule has 1 aromatic carbocycles. The van der Waals surface area contributed by atoms with E-state index < -0.39 is 0 Å². The normalized spacial score (nSPS) is 10.5. The van der Waals surface area contributed by atoms with Crippen molar-refractivity contribution < 1.29 is 9.13 Å². The first kappa shape index (κ1) is 13.4. The molecule has 1 N–H and O–H groups in total. The highest BCUT2D eigenvalue weighted by atomic mass is 19.1. The Morgan fingerprint density at radius 3 is 3.00 bits per heavy atom. The lowest BCUT2D eigenvalue weighted by Crippen LogP contribution is -2.04. The second kappa shape index (κ2) is 6.22. The van der Waals surface area contributed by atoms with Crippen LogP contribution in [-0.4, -0.2) is 16.7 Å². The Bertz CT molecular complexity index is 539. The van der Waals surface area contributed by atoms with Crippen LogP contribution in [0.15, 0.2) is 30.6 Å². The molecule has 0 aliphatic carbocycles. The monoisotopic (exact) mass is 263 g/mol. The van der Waals surface area contributed by atoms with E-state index in [9.17, 15) is 4.39 Å². The highest BCUT2D eigenvalue weighted by Crippen LogP contribution is 2.27. The second-order valence-electron chi connectivity index (χ2n) is 4.27. The van der Waals surface area contributed by atoms with Crippen molar-refractivity contribution in [3.8, 4) is 5.75 Å². The first-order valence-electron chi connectivity index (χ1n) is 6.36. The lowest BCUT2D eigenvalue weighted by molar-refractivity contribution is 0.413. The lowest BCUT2D eigenvalue weighted by atomic mass is 10.3. The fourth-order valence-electron chi connectivity index (χ4n) is 1.83. The topological polar surface area (TPSA) is 39.1 Å². The number of nitrogens with zero attached hydrogens (tertiary/aromatic N) is 2. The number of hydrogen-bond donors (Lipinski definition) is 1. The van der Waals surface area contributed by atoms with E-state index in [1.165, 1.54) is 19.2 Å². The summed E-state index contributed by atoms with van der Waals surface area (Å²) >= 11 is 0. The van der Waals surface area contributed by atoms with Crippen LogP contribution in [0.25, 0.3) is 0 Å². The molecule has 19 heavy (non-hydrogen) atoms. The summed E-state index contributed by atoms with van der Waals surface area (Å²) in [4.78, 5) is 4.26. The van der Waals surface area contributed by atoms with Crippen LogP contribution < -0.4 is 10.1 Å². The van der Waals surface area contributed by atoms with E-state index in [0.717, 1.165) is 25.3 Å². The molecule has 4 nitrogen and oxygen atoms in total. The number of imidazole rings is 1. The van der Waals surface area contributed by atoms with Crippen molar-refractivity contribution in [2.24, 2.45) is 0 Å². The third kappa shape index (κ3) is 3.24. The van der Waals surface area contributed by atoms with Crippen molar-refractivity contribution >= 4 is 11.6 Å². The van der Waals surface area contributed by atoms with Gasteiger partial charge in [-0.1, -0.05) is 13.3 Å². The molecule has 0 aliphatic heterocycles. The Hall–Kier alpha value is -2.04. The lowest BCUT2D eigenvalue weighted by Gasteiger charge is -2.12. The molecule has 0 saturated carbocycles. The van der Waals surface area contributed by atoms with Crippen molar-refractivity contribution in [1.29, 1.82) is 0 Å². The SMILES string of the molecule is CCCCn1ccnc1Nc1ccc(F)cc1OC. The smallest absolute Gasteiger partial charge is 0.207 e. The zero-order valence-corrected chi connectivity index (χ0v) is 11.2. The van der Waals surface area contributed by atoms with Gasteiger partial charge in [0.25, 0.3) is 0 Å². The fourth-order valence-corrected chi connectivity index (χ4v) is 1.83. The molecule has 1 heterocycles. The maximum absolute atomic E-state index is 13.1. The van der Waals surface area contributed by atoms with Crippen LogP contribution in [0.5, 0.6) is 5.75 Å². The van der Waals surface area contributed by atoms with Gasteiger partial charge in [0.15, 0.2) is 0 Å². The van der Waals surface area contributed by atoms with E-state index in [1.54, 1.807) is 12.3 Å². The third-order valence-corrected chi connectivity index (χ3v) is 2.88. The molecule has 0 unspecified atom stereocenters. The van der Waals surface area contributed by atoms with Gasteiger partial charge < -0.3 is 14.6 Å². The van der Waals surface area contributed by atoms with Crippen molar-refractivity contribution in [3.63, 3.8) is 0 Å². The summed E-state index contributed by atoms with van der Waals surface area (Å²) in [5, 5.41) is 3.17. The standard InChI is InChI=1S/C14H18FN3O/c1-3-4-8-18-9-7-16-14(18)17-12-6-5-11(15)10-13(12)19-2/h5-7,9-10H,3-4,8H2,1-2H3,(H,16,17). The van der Waals surface area contributed by atoms with Gasteiger partial charge >= 0.3 is 0 Å². The van der Waals surface area contributed by atoms with Crippen molar-refractivity contribution in [2.75, 3.05) is 12.4 Å². The molecule has 1 aromatic heterocycles. The molecular weight excluding hydrogens is 245 g/mol. The van der Waals surface area contributed by atoms with E-state index in [4.69, 9.17) is 4.74 Å². The molecule has 0 spiro atoms. The Morgan fingerprint density at radius 2 is 2.26 bits per heavy atom. The van der Waals surface area contributed by atoms with Gasteiger partial charge in [-0.3, -0.25) is 0 Å². The highest BCUT2D eigenvalue weighted by molar-refractivity contribution is 5.62. The van der Waals surface area contributed by atoms with Gasteiger partial charge in [-0.25, -0.2) is 9.37 Å². The minimum atomic E-state index is -0.322. The number of rotatable bonds is 6. The summed E-state index contributed by atoms with van der Waals surface area (Å²) in [6.45, 7) is 3.05. The molecule has 0 amide bonds. The summed E-state index contributed by atoms with van der Waals surface area (Å²) in [6, 6.07) is 4.39. The number of unbranched alkanes of at least 4 members (excludes halogenated alkanes) is 1. The number of aryl methyl sites for hydroxylation is 1. The quantitative estimate of drug-likeness (QED) is 0.866. The summed E-state index contributed by atoms with van der Waals surface area (Å²) in [5.74, 6) is 0.875. The number of aromatic nitrogens is 2. The minimum Gasteiger partial charge on any atom is -0.494 e. The van der Waals surface area contributed by atoms with Crippen LogP contribution in [0, 0.1) is 5.82 Å². The average molecular weight is 263 g/mol. The molecule has 0 aliphatic rings. The average Bonchev–Trinajstić information content (AvgIpc) is 2.85. The second-order valence-corrected chi connectivity index (χ2v) is 4.27. The van der Waals surface area contributed by atoms with Crippen LogP contribution in [-0.2, 0) is 6.54 Å². The van der Waals surface area contributed by atoms with Crippen molar-refractivity contribution in [2.45, 2.75) is 26.3 Å². The molecule has 0 radical (unpaired) electrons. The largest absolute Gasteiger partial charge is 0.494 e. The Morgan fingerprint density at radius 1 is 1.42 bits per heavy atom. The molecule has 2 aromatic rings. The fraction of sp³-hybridized carbons (Fsp3) is 0.357. The van der Waals surface area contributed by atoms with E-state index in [0.29, 0.717) is 11.4 Å². The maximum atomic E-state index is 13.1. The maximum Gasteiger partial charge on any atom is 0.207 e. The summed E-state index contributed by atoms with van der Waals surface area (Å²) < 4.78 is 20.3. The van der Waals surface area contributed by atoms with Gasteiger partial charge in [0.1, 0.15) is 11.6 Å². The molecule has 102 valence electrons. The van der Waals surface area contributed by atoms with Gasteiger partial charge in [0, 0.05) is 25.0 Å².